The Balaban J connectivity index is 2.30. The minimum Gasteiger partial charge on any atom is -0.392 e. The van der Waals surface area contributed by atoms with Crippen molar-refractivity contribution in [1.82, 2.24) is 9.80 Å². The molecule has 0 aromatic heterocycles. The van der Waals surface area contributed by atoms with Gasteiger partial charge >= 0.3 is 0 Å². The molecule has 21 heavy (non-hydrogen) atoms. The molecular weight excluding hydrogens is 296 g/mol. The van der Waals surface area contributed by atoms with Crippen molar-refractivity contribution in [2.24, 2.45) is 0 Å². The van der Waals surface area contributed by atoms with Crippen LogP contribution in [0.15, 0.2) is 12.1 Å². The number of amides is 1. The normalized spacial score (nSPS) is 19.6. The van der Waals surface area contributed by atoms with Crippen molar-refractivity contribution < 1.29 is 9.72 Å². The van der Waals surface area contributed by atoms with Crippen molar-refractivity contribution in [2.75, 3.05) is 32.4 Å². The maximum atomic E-state index is 12.5. The molecule has 7 nitrogen and oxygen atoms in total. The first kappa shape index (κ1) is 15.5. The fraction of sp³-hybridized carbons (Fsp3) is 0.462. The Morgan fingerprint density at radius 3 is 2.71 bits per heavy atom. The molecule has 1 atom stereocenters. The molecule has 0 radical (unpaired) electrons. The molecule has 8 heteroatoms. The number of nitrogens with zero attached hydrogens (tertiary/aromatic N) is 3. The van der Waals surface area contributed by atoms with Crippen molar-refractivity contribution in [3.63, 3.8) is 0 Å². The number of carbonyl (C=O) groups excluding carboxylic acids is 1. The van der Waals surface area contributed by atoms with Gasteiger partial charge in [-0.3, -0.25) is 14.9 Å². The average molecular weight is 313 g/mol. The van der Waals surface area contributed by atoms with E-state index in [-0.39, 0.29) is 33.9 Å². The number of nitrogen functional groups attached to an aromatic ring is 1. The molecule has 1 aliphatic rings. The number of anilines is 1. The molecule has 114 valence electrons. The van der Waals surface area contributed by atoms with Crippen LogP contribution in [0, 0.1) is 10.1 Å². The number of nitrogens with two attached hydrogens (primary N) is 1. The predicted octanol–water partition coefficient (Wildman–Crippen LogP) is 1.61. The highest BCUT2D eigenvalue weighted by atomic mass is 35.5. The molecule has 1 heterocycles. The van der Waals surface area contributed by atoms with E-state index in [1.807, 2.05) is 14.0 Å². The SMILES string of the molecule is CC1CN(C(=O)c2cc(Cl)c(N)c([N+](=O)[O-])c2)CCN1C. The number of halogens is 1. The molecular formula is C13H17ClN4O3. The number of nitro groups is 1. The zero-order valence-electron chi connectivity index (χ0n) is 11.9. The van der Waals surface area contributed by atoms with Crippen molar-refractivity contribution in [1.29, 1.82) is 0 Å². The highest BCUT2D eigenvalue weighted by Gasteiger charge is 2.27. The van der Waals surface area contributed by atoms with Crippen LogP contribution in [0.25, 0.3) is 0 Å². The van der Waals surface area contributed by atoms with Gasteiger partial charge in [0.15, 0.2) is 0 Å². The Kier molecular flexibility index (Phi) is 4.34. The minimum atomic E-state index is -0.634. The molecule has 2 N–H and O–H groups in total. The van der Waals surface area contributed by atoms with Crippen molar-refractivity contribution in [3.05, 3.63) is 32.8 Å². The first-order valence-corrected chi connectivity index (χ1v) is 6.92. The van der Waals surface area contributed by atoms with Crippen LogP contribution in [0.5, 0.6) is 0 Å². The third kappa shape index (κ3) is 3.08. The predicted molar refractivity (Wildman–Crippen MR) is 80.5 cm³/mol. The monoisotopic (exact) mass is 312 g/mol. The molecule has 2 rings (SSSR count). The third-order valence-electron chi connectivity index (χ3n) is 3.80. The van der Waals surface area contributed by atoms with Gasteiger partial charge < -0.3 is 15.5 Å². The van der Waals surface area contributed by atoms with Crippen molar-refractivity contribution in [3.8, 4) is 0 Å². The zero-order valence-corrected chi connectivity index (χ0v) is 12.6. The fourth-order valence-electron chi connectivity index (χ4n) is 2.29. The summed E-state index contributed by atoms with van der Waals surface area (Å²) in [5.41, 5.74) is 5.30. The second-order valence-corrected chi connectivity index (χ2v) is 5.64. The van der Waals surface area contributed by atoms with Crippen LogP contribution in [0.1, 0.15) is 17.3 Å². The Morgan fingerprint density at radius 1 is 1.48 bits per heavy atom. The van der Waals surface area contributed by atoms with E-state index in [1.165, 1.54) is 12.1 Å². The Labute approximate surface area is 127 Å². The lowest BCUT2D eigenvalue weighted by atomic mass is 10.1. The molecule has 1 aromatic carbocycles. The summed E-state index contributed by atoms with van der Waals surface area (Å²) >= 11 is 5.89. The molecule has 1 saturated heterocycles. The van der Waals surface area contributed by atoms with E-state index < -0.39 is 4.92 Å². The second-order valence-electron chi connectivity index (χ2n) is 5.23. The fourth-order valence-corrected chi connectivity index (χ4v) is 2.51. The van der Waals surface area contributed by atoms with E-state index in [2.05, 4.69) is 4.90 Å². The lowest BCUT2D eigenvalue weighted by Crippen LogP contribution is -2.52. The summed E-state index contributed by atoms with van der Waals surface area (Å²) in [6.45, 7) is 3.94. The van der Waals surface area contributed by atoms with Gasteiger partial charge in [-0.2, -0.15) is 0 Å². The van der Waals surface area contributed by atoms with Gasteiger partial charge in [-0.15, -0.1) is 0 Å². The third-order valence-corrected chi connectivity index (χ3v) is 4.11. The van der Waals surface area contributed by atoms with Crippen molar-refractivity contribution >= 4 is 28.9 Å². The topological polar surface area (TPSA) is 92.7 Å². The van der Waals surface area contributed by atoms with E-state index >= 15 is 0 Å². The summed E-state index contributed by atoms with van der Waals surface area (Å²) < 4.78 is 0. The van der Waals surface area contributed by atoms with Crippen LogP contribution in [-0.4, -0.2) is 53.4 Å². The van der Waals surface area contributed by atoms with Crippen LogP contribution < -0.4 is 5.73 Å². The smallest absolute Gasteiger partial charge is 0.294 e. The number of hydrogen-bond donors (Lipinski definition) is 1. The first-order chi connectivity index (χ1) is 9.81. The largest absolute Gasteiger partial charge is 0.392 e. The quantitative estimate of drug-likeness (QED) is 0.509. The van der Waals surface area contributed by atoms with Gasteiger partial charge in [-0.25, -0.2) is 0 Å². The summed E-state index contributed by atoms with van der Waals surface area (Å²) in [4.78, 5) is 26.6. The lowest BCUT2D eigenvalue weighted by Gasteiger charge is -2.37. The Morgan fingerprint density at radius 2 is 2.14 bits per heavy atom. The molecule has 0 aliphatic carbocycles. The van der Waals surface area contributed by atoms with Crippen LogP contribution in [0.3, 0.4) is 0 Å². The number of piperazine rings is 1. The summed E-state index contributed by atoms with van der Waals surface area (Å²) in [6, 6.07) is 2.81. The highest BCUT2D eigenvalue weighted by Crippen LogP contribution is 2.31. The highest BCUT2D eigenvalue weighted by molar-refractivity contribution is 6.34. The van der Waals surface area contributed by atoms with Gasteiger partial charge in [0.2, 0.25) is 0 Å². The lowest BCUT2D eigenvalue weighted by molar-refractivity contribution is -0.383. The Bertz CT molecular complexity index is 593. The van der Waals surface area contributed by atoms with E-state index in [9.17, 15) is 14.9 Å². The molecule has 0 bridgehead atoms. The standard InChI is InChI=1S/C13H17ClN4O3/c1-8-7-17(4-3-16(8)2)13(19)9-5-10(14)12(15)11(6-9)18(20)21/h5-6,8H,3-4,7,15H2,1-2H3. The summed E-state index contributed by atoms with van der Waals surface area (Å²) in [5.74, 6) is -0.264. The summed E-state index contributed by atoms with van der Waals surface area (Å²) in [5, 5.41) is 11.0. The van der Waals surface area contributed by atoms with Gasteiger partial charge in [-0.05, 0) is 20.0 Å². The maximum absolute atomic E-state index is 12.5. The van der Waals surface area contributed by atoms with Crippen LogP contribution >= 0.6 is 11.6 Å². The minimum absolute atomic E-state index is 0.0229. The second kappa shape index (κ2) is 5.87. The maximum Gasteiger partial charge on any atom is 0.294 e. The van der Waals surface area contributed by atoms with E-state index in [1.54, 1.807) is 4.90 Å². The number of rotatable bonds is 2. The molecule has 1 aromatic rings. The molecule has 1 aliphatic heterocycles. The zero-order chi connectivity index (χ0) is 15.7. The number of hydrogen-bond acceptors (Lipinski definition) is 5. The van der Waals surface area contributed by atoms with E-state index in [4.69, 9.17) is 17.3 Å². The average Bonchev–Trinajstić information content (AvgIpc) is 2.43. The van der Waals surface area contributed by atoms with E-state index in [0.717, 1.165) is 6.54 Å². The molecule has 0 saturated carbocycles. The molecule has 1 fully saturated rings. The molecule has 0 spiro atoms. The van der Waals surface area contributed by atoms with Crippen molar-refractivity contribution in [2.45, 2.75) is 13.0 Å². The van der Waals surface area contributed by atoms with Gasteiger partial charge in [0, 0.05) is 37.3 Å². The van der Waals surface area contributed by atoms with Gasteiger partial charge in [0.1, 0.15) is 5.69 Å². The Hall–Kier alpha value is -1.86. The first-order valence-electron chi connectivity index (χ1n) is 6.54. The summed E-state index contributed by atoms with van der Waals surface area (Å²) in [7, 11) is 2.00. The molecule has 1 unspecified atom stereocenters. The molecule has 1 amide bonds. The van der Waals surface area contributed by atoms with Crippen LogP contribution in [-0.2, 0) is 0 Å². The van der Waals surface area contributed by atoms with Gasteiger partial charge in [0.25, 0.3) is 11.6 Å². The van der Waals surface area contributed by atoms with E-state index in [0.29, 0.717) is 13.1 Å². The number of carbonyl (C=O) groups is 1. The van der Waals surface area contributed by atoms with Crippen LogP contribution in [0.4, 0.5) is 11.4 Å². The number of likely N-dealkylation sites (N-methyl/N-ethyl adjacent to an activating group) is 1. The van der Waals surface area contributed by atoms with Gasteiger partial charge in [-0.1, -0.05) is 11.6 Å². The number of nitro benzene ring substituents is 1. The van der Waals surface area contributed by atoms with Gasteiger partial charge in [0.05, 0.1) is 9.95 Å². The number of benzene rings is 1. The van der Waals surface area contributed by atoms with Crippen LogP contribution in [0.2, 0.25) is 5.02 Å². The summed E-state index contributed by atoms with van der Waals surface area (Å²) in [6.07, 6.45) is 0.